The minimum Gasteiger partial charge on any atom is -0.305 e. The van der Waals surface area contributed by atoms with E-state index in [0.29, 0.717) is 0 Å². The molecule has 0 saturated heterocycles. The van der Waals surface area contributed by atoms with Crippen LogP contribution in [-0.2, 0) is 0 Å². The molecule has 3 atom stereocenters. The highest BCUT2D eigenvalue weighted by Gasteiger charge is 2.57. The lowest BCUT2D eigenvalue weighted by atomic mass is 9.54. The second-order valence-corrected chi connectivity index (χ2v) is 7.75. The molecule has 0 unspecified atom stereocenters. The number of nitrogens with zero attached hydrogens (tertiary/aromatic N) is 3. The molecule has 1 saturated carbocycles. The fourth-order valence-electron chi connectivity index (χ4n) is 3.81. The molecule has 1 fully saturated rings. The molecule has 23 heavy (non-hydrogen) atoms. The van der Waals surface area contributed by atoms with Crippen molar-refractivity contribution in [2.45, 2.75) is 25.2 Å². The monoisotopic (exact) mass is 384 g/mol. The molecule has 6 heteroatoms. The predicted octanol–water partition coefficient (Wildman–Crippen LogP) is 4.53. The van der Waals surface area contributed by atoms with Crippen molar-refractivity contribution in [2.75, 3.05) is 0 Å². The third-order valence-corrected chi connectivity index (χ3v) is 6.60. The maximum Gasteiger partial charge on any atom is 0.190 e. The molecule has 2 aliphatic rings. The number of nitriles is 3. The summed E-state index contributed by atoms with van der Waals surface area (Å²) in [4.78, 5) is 0.930. The Balaban J connectivity index is 2.25. The van der Waals surface area contributed by atoms with Gasteiger partial charge in [-0.15, -0.1) is 11.3 Å². The van der Waals surface area contributed by atoms with E-state index in [1.54, 1.807) is 0 Å². The van der Waals surface area contributed by atoms with Crippen molar-refractivity contribution < 1.29 is 0 Å². The number of hydrogen-bond donors (Lipinski definition) is 1. The molecule has 0 radical (unpaired) electrons. The Morgan fingerprint density at radius 3 is 2.61 bits per heavy atom. The summed E-state index contributed by atoms with van der Waals surface area (Å²) >= 11 is 4.93. The zero-order valence-corrected chi connectivity index (χ0v) is 14.6. The molecular weight excluding hydrogens is 372 g/mol. The van der Waals surface area contributed by atoms with Crippen LogP contribution in [0.3, 0.4) is 0 Å². The highest BCUT2D eigenvalue weighted by atomic mass is 79.9. The number of fused-ring (bicyclic) bond motifs is 1. The first-order chi connectivity index (χ1) is 11.1. The Bertz CT molecular complexity index is 803. The summed E-state index contributed by atoms with van der Waals surface area (Å²) in [6.07, 6.45) is 4.77. The van der Waals surface area contributed by atoms with Crippen LogP contribution in [0, 0.1) is 56.7 Å². The van der Waals surface area contributed by atoms with Crippen molar-refractivity contribution in [3.05, 3.63) is 32.4 Å². The van der Waals surface area contributed by atoms with E-state index < -0.39 is 11.3 Å². The zero-order valence-electron chi connectivity index (χ0n) is 12.2. The zero-order chi connectivity index (χ0) is 16.6. The van der Waals surface area contributed by atoms with Gasteiger partial charge in [0.25, 0.3) is 0 Å². The van der Waals surface area contributed by atoms with Crippen molar-refractivity contribution >= 4 is 33.0 Å². The summed E-state index contributed by atoms with van der Waals surface area (Å²) in [5.74, 6) is -1.15. The highest BCUT2D eigenvalue weighted by molar-refractivity contribution is 9.10. The van der Waals surface area contributed by atoms with Crippen molar-refractivity contribution in [1.29, 1.82) is 21.2 Å². The number of thiophene rings is 1. The lowest BCUT2D eigenvalue weighted by Crippen LogP contribution is -2.48. The van der Waals surface area contributed by atoms with Crippen LogP contribution in [0.5, 0.6) is 0 Å². The Morgan fingerprint density at radius 2 is 2.04 bits per heavy atom. The van der Waals surface area contributed by atoms with Gasteiger partial charge >= 0.3 is 0 Å². The van der Waals surface area contributed by atoms with Gasteiger partial charge < -0.3 is 5.41 Å². The van der Waals surface area contributed by atoms with Crippen molar-refractivity contribution in [2.24, 2.45) is 17.3 Å². The van der Waals surface area contributed by atoms with Crippen LogP contribution >= 0.6 is 27.3 Å². The molecule has 0 spiro atoms. The average molecular weight is 385 g/mol. The minimum absolute atomic E-state index is 0.0210. The van der Waals surface area contributed by atoms with Crippen molar-refractivity contribution in [3.8, 4) is 18.2 Å². The average Bonchev–Trinajstić information content (AvgIpc) is 3.00. The van der Waals surface area contributed by atoms with Gasteiger partial charge in [-0.25, -0.2) is 0 Å². The van der Waals surface area contributed by atoms with Crippen LogP contribution in [0.1, 0.15) is 30.1 Å². The maximum atomic E-state index is 9.80. The molecule has 2 aliphatic carbocycles. The van der Waals surface area contributed by atoms with Crippen LogP contribution in [0.25, 0.3) is 0 Å². The third-order valence-electron chi connectivity index (χ3n) is 4.82. The van der Waals surface area contributed by atoms with Crippen LogP contribution in [0.15, 0.2) is 27.6 Å². The molecule has 1 heterocycles. The lowest BCUT2D eigenvalue weighted by Gasteiger charge is -2.45. The first-order valence-corrected chi connectivity index (χ1v) is 9.01. The lowest BCUT2D eigenvalue weighted by molar-refractivity contribution is 0.324. The molecule has 0 aromatic carbocycles. The highest BCUT2D eigenvalue weighted by Crippen LogP contribution is 2.56. The SMILES string of the molecule is N#C[C@H]1C(=N)C(C#N)(C#N)[C@H](c2cc(Br)cs2)[C@H]2CCCC=C12. The van der Waals surface area contributed by atoms with E-state index in [-0.39, 0.29) is 17.5 Å². The second-order valence-electron chi connectivity index (χ2n) is 5.89. The summed E-state index contributed by atoms with van der Waals surface area (Å²) in [6.45, 7) is 0. The van der Waals surface area contributed by atoms with Crippen LogP contribution in [0.2, 0.25) is 0 Å². The van der Waals surface area contributed by atoms with Crippen LogP contribution in [-0.4, -0.2) is 5.71 Å². The first-order valence-electron chi connectivity index (χ1n) is 7.34. The first kappa shape index (κ1) is 15.9. The smallest absolute Gasteiger partial charge is 0.190 e. The number of halogens is 1. The Labute approximate surface area is 147 Å². The number of hydrogen-bond acceptors (Lipinski definition) is 5. The molecule has 3 rings (SSSR count). The van der Waals surface area contributed by atoms with Gasteiger partial charge in [0.05, 0.1) is 23.9 Å². The van der Waals surface area contributed by atoms with Gasteiger partial charge in [-0.2, -0.15) is 15.8 Å². The number of allylic oxidation sites excluding steroid dienone is 2. The molecule has 0 aliphatic heterocycles. The van der Waals surface area contributed by atoms with Gasteiger partial charge in [0.1, 0.15) is 5.92 Å². The Kier molecular flexibility index (Phi) is 4.11. The molecular formula is C17H13BrN4S. The Morgan fingerprint density at radius 1 is 1.30 bits per heavy atom. The molecule has 114 valence electrons. The second kappa shape index (κ2) is 5.93. The predicted molar refractivity (Wildman–Crippen MR) is 90.7 cm³/mol. The molecule has 1 N–H and O–H groups in total. The van der Waals surface area contributed by atoms with E-state index >= 15 is 0 Å². The van der Waals surface area contributed by atoms with Crippen LogP contribution < -0.4 is 0 Å². The summed E-state index contributed by atoms with van der Waals surface area (Å²) in [5.41, 5.74) is -0.701. The summed E-state index contributed by atoms with van der Waals surface area (Å²) < 4.78 is 0.914. The van der Waals surface area contributed by atoms with Crippen molar-refractivity contribution in [1.82, 2.24) is 0 Å². The maximum absolute atomic E-state index is 9.80. The number of rotatable bonds is 1. The van der Waals surface area contributed by atoms with E-state index in [1.165, 1.54) is 11.3 Å². The molecule has 1 aromatic rings. The third kappa shape index (κ3) is 2.24. The van der Waals surface area contributed by atoms with Gasteiger partial charge in [-0.3, -0.25) is 0 Å². The van der Waals surface area contributed by atoms with Crippen LogP contribution in [0.4, 0.5) is 0 Å². The number of nitrogens with one attached hydrogen (secondary N) is 1. The summed E-state index contributed by atoms with van der Waals surface area (Å²) in [7, 11) is 0. The van der Waals surface area contributed by atoms with E-state index in [1.807, 2.05) is 17.5 Å². The van der Waals surface area contributed by atoms with Gasteiger partial charge in [-0.05, 0) is 52.7 Å². The molecule has 0 bridgehead atoms. The van der Waals surface area contributed by atoms with Gasteiger partial charge in [0.2, 0.25) is 0 Å². The summed E-state index contributed by atoms with van der Waals surface area (Å²) in [6, 6.07) is 8.29. The van der Waals surface area contributed by atoms with Crippen molar-refractivity contribution in [3.63, 3.8) is 0 Å². The van der Waals surface area contributed by atoms with E-state index in [0.717, 1.165) is 34.2 Å². The van der Waals surface area contributed by atoms with Gasteiger partial charge in [0, 0.05) is 20.6 Å². The largest absolute Gasteiger partial charge is 0.305 e. The molecule has 4 nitrogen and oxygen atoms in total. The fourth-order valence-corrected chi connectivity index (χ4v) is 5.48. The normalized spacial score (nSPS) is 28.7. The van der Waals surface area contributed by atoms with Gasteiger partial charge in [-0.1, -0.05) is 6.08 Å². The quantitative estimate of drug-likeness (QED) is 0.720. The van der Waals surface area contributed by atoms with E-state index in [2.05, 4.69) is 34.1 Å². The van der Waals surface area contributed by atoms with E-state index in [4.69, 9.17) is 5.41 Å². The minimum atomic E-state index is -1.57. The van der Waals surface area contributed by atoms with E-state index in [9.17, 15) is 15.8 Å². The molecule has 1 aromatic heterocycles. The summed E-state index contributed by atoms with van der Waals surface area (Å²) in [5, 5.41) is 39.5. The topological polar surface area (TPSA) is 95.2 Å². The fraction of sp³-hybridized carbons (Fsp3) is 0.412. The Hall–Kier alpha value is -1.94. The standard InChI is InChI=1S/C17H13BrN4S/c18-10-5-14(23-7-10)15-12-4-2-1-3-11(12)13(6-19)16(22)17(15,8-20)9-21/h3,5,7,12-13,15,22H,1-2,4H2/t12-,13+,15-/m0/s1. The van der Waals surface area contributed by atoms with Gasteiger partial charge in [0.15, 0.2) is 5.41 Å². The molecule has 0 amide bonds.